The van der Waals surface area contributed by atoms with Gasteiger partial charge in [-0.3, -0.25) is 0 Å². The normalized spacial score (nSPS) is 11.7. The van der Waals surface area contributed by atoms with E-state index in [-0.39, 0.29) is 0 Å². The molecule has 0 aliphatic carbocycles. The van der Waals surface area contributed by atoms with Crippen LogP contribution >= 0.6 is 0 Å². The van der Waals surface area contributed by atoms with Crippen LogP contribution < -0.4 is 4.57 Å². The van der Waals surface area contributed by atoms with Crippen LogP contribution in [0, 0.1) is 0 Å². The maximum atomic E-state index is 2.67. The molecule has 58 heavy (non-hydrogen) atoms. The molecule has 0 fully saturated rings. The lowest BCUT2D eigenvalue weighted by Gasteiger charge is -2.07. The second kappa shape index (κ2) is 47.3. The molecule has 0 aromatic carbocycles. The fraction of sp³-hybridized carbons (Fsp3) is 0.946. The molecule has 0 aliphatic rings. The van der Waals surface area contributed by atoms with Crippen LogP contribution in [0.15, 0.2) is 12.4 Å². The molecule has 0 radical (unpaired) electrons. The van der Waals surface area contributed by atoms with E-state index in [9.17, 15) is 0 Å². The van der Waals surface area contributed by atoms with Crippen molar-refractivity contribution in [2.24, 2.45) is 0 Å². The molecule has 0 bridgehead atoms. The summed E-state index contributed by atoms with van der Waals surface area (Å²) in [5.74, 6) is 1.64. The lowest BCUT2D eigenvalue weighted by Crippen LogP contribution is -2.37. The van der Waals surface area contributed by atoms with Gasteiger partial charge in [0.1, 0.15) is 12.4 Å². The average Bonchev–Trinajstić information content (AvgIpc) is 3.62. The van der Waals surface area contributed by atoms with Crippen molar-refractivity contribution in [3.05, 3.63) is 18.2 Å². The van der Waals surface area contributed by atoms with Crippen molar-refractivity contribution in [3.8, 4) is 0 Å². The Morgan fingerprint density at radius 2 is 0.534 bits per heavy atom. The molecule has 1 aromatic rings. The Labute approximate surface area is 368 Å². The van der Waals surface area contributed by atoms with E-state index >= 15 is 0 Å². The molecule has 0 spiro atoms. The standard InChI is InChI=1S/C56H111N2/c1-4-7-10-13-16-19-22-25-27-29-31-33-36-39-42-45-48-51-56-57(52-49-46-43-40-37-34-24-21-18-15-12-9-6-3)54-55-58(56)53-50-47-44-41-38-35-32-30-28-26-23-20-17-14-11-8-5-2/h54-55H,4-53H2,1-3H3/q+1. The summed E-state index contributed by atoms with van der Waals surface area (Å²) < 4.78 is 5.33. The minimum absolute atomic E-state index is 1.23. The molecule has 0 atom stereocenters. The molecule has 0 N–H and O–H groups in total. The SMILES string of the molecule is CCCCCCCCCCCCCCCCCCCc1n(CCCCCCCCCCCCCCCCCCC)cc[n+]1CCCCCCCCCCCCCCC. The quantitative estimate of drug-likeness (QED) is 0.0458. The number of nitrogens with zero attached hydrogens (tertiary/aromatic N) is 2. The molecule has 0 aliphatic heterocycles. The number of unbranched alkanes of at least 4 members (excludes halogenated alkanes) is 44. The Kier molecular flexibility index (Phi) is 45.0. The van der Waals surface area contributed by atoms with Gasteiger partial charge in [0.25, 0.3) is 5.82 Å². The van der Waals surface area contributed by atoms with E-state index in [4.69, 9.17) is 0 Å². The average molecular weight is 813 g/mol. The monoisotopic (exact) mass is 812 g/mol. The first-order chi connectivity index (χ1) is 28.8. The number of rotatable bonds is 50. The summed E-state index contributed by atoms with van der Waals surface area (Å²) in [7, 11) is 0. The largest absolute Gasteiger partial charge is 0.256 e. The van der Waals surface area contributed by atoms with E-state index in [0.717, 1.165) is 0 Å². The van der Waals surface area contributed by atoms with Gasteiger partial charge in [0.2, 0.25) is 0 Å². The van der Waals surface area contributed by atoms with E-state index in [0.29, 0.717) is 0 Å². The van der Waals surface area contributed by atoms with Crippen molar-refractivity contribution < 1.29 is 4.57 Å². The second-order valence-corrected chi connectivity index (χ2v) is 19.4. The molecule has 2 nitrogen and oxygen atoms in total. The van der Waals surface area contributed by atoms with Gasteiger partial charge in [-0.05, 0) is 32.1 Å². The molecule has 0 unspecified atom stereocenters. The number of aromatic nitrogens is 2. The highest BCUT2D eigenvalue weighted by molar-refractivity contribution is 4.84. The van der Waals surface area contributed by atoms with Crippen LogP contribution in [0.3, 0.4) is 0 Å². The highest BCUT2D eigenvalue weighted by atomic mass is 15.1. The summed E-state index contributed by atoms with van der Waals surface area (Å²) in [4.78, 5) is 0. The van der Waals surface area contributed by atoms with Gasteiger partial charge < -0.3 is 0 Å². The Balaban J connectivity index is 2.23. The van der Waals surface area contributed by atoms with Gasteiger partial charge >= 0.3 is 0 Å². The van der Waals surface area contributed by atoms with Crippen LogP contribution in [0.5, 0.6) is 0 Å². The predicted molar refractivity (Wildman–Crippen MR) is 262 cm³/mol. The molecule has 0 saturated heterocycles. The third-order valence-electron chi connectivity index (χ3n) is 13.6. The Morgan fingerprint density at radius 3 is 0.828 bits per heavy atom. The maximum Gasteiger partial charge on any atom is 0.256 e. The van der Waals surface area contributed by atoms with Crippen molar-refractivity contribution in [2.45, 2.75) is 342 Å². The van der Waals surface area contributed by atoms with Gasteiger partial charge in [-0.15, -0.1) is 0 Å². The van der Waals surface area contributed by atoms with E-state index in [2.05, 4.69) is 42.3 Å². The minimum atomic E-state index is 1.23. The van der Waals surface area contributed by atoms with Gasteiger partial charge in [-0.1, -0.05) is 290 Å². The maximum absolute atomic E-state index is 2.67. The first-order valence-electron chi connectivity index (χ1n) is 27.9. The Hall–Kier alpha value is -0.790. The number of imidazole rings is 1. The first kappa shape index (κ1) is 55.2. The molecule has 1 rings (SSSR count). The Bertz CT molecular complexity index is 887. The van der Waals surface area contributed by atoms with Gasteiger partial charge in [0.15, 0.2) is 0 Å². The topological polar surface area (TPSA) is 8.81 Å². The number of hydrogen-bond donors (Lipinski definition) is 0. The molecule has 344 valence electrons. The lowest BCUT2D eigenvalue weighted by molar-refractivity contribution is -0.704. The van der Waals surface area contributed by atoms with Crippen LogP contribution in [0.2, 0.25) is 0 Å². The molecule has 1 heterocycles. The van der Waals surface area contributed by atoms with Gasteiger partial charge in [-0.2, -0.15) is 0 Å². The van der Waals surface area contributed by atoms with Crippen LogP contribution in [0.4, 0.5) is 0 Å². The van der Waals surface area contributed by atoms with Crippen LogP contribution in [0.1, 0.15) is 328 Å². The smallest absolute Gasteiger partial charge is 0.234 e. The number of aryl methyl sites for hydroxylation is 2. The molecular formula is C56H111N2+. The lowest BCUT2D eigenvalue weighted by atomic mass is 10.0. The molecular weight excluding hydrogens is 701 g/mol. The zero-order valence-electron chi connectivity index (χ0n) is 40.9. The van der Waals surface area contributed by atoms with E-state index in [1.165, 1.54) is 321 Å². The van der Waals surface area contributed by atoms with Crippen LogP contribution in [-0.2, 0) is 19.5 Å². The Morgan fingerprint density at radius 1 is 0.293 bits per heavy atom. The van der Waals surface area contributed by atoms with Gasteiger partial charge in [0.05, 0.1) is 13.1 Å². The van der Waals surface area contributed by atoms with Crippen molar-refractivity contribution in [2.75, 3.05) is 0 Å². The highest BCUT2D eigenvalue weighted by Gasteiger charge is 2.16. The summed E-state index contributed by atoms with van der Waals surface area (Å²) >= 11 is 0. The third-order valence-corrected chi connectivity index (χ3v) is 13.6. The fourth-order valence-electron chi connectivity index (χ4n) is 9.51. The zero-order valence-corrected chi connectivity index (χ0v) is 40.9. The van der Waals surface area contributed by atoms with Gasteiger partial charge in [0, 0.05) is 6.42 Å². The summed E-state index contributed by atoms with van der Waals surface area (Å²) in [6.07, 6.45) is 74.3. The molecule has 0 saturated carbocycles. The van der Waals surface area contributed by atoms with Gasteiger partial charge in [-0.25, -0.2) is 9.13 Å². The summed E-state index contributed by atoms with van der Waals surface area (Å²) in [5, 5.41) is 0. The predicted octanol–water partition coefficient (Wildman–Crippen LogP) is 19.7. The first-order valence-corrected chi connectivity index (χ1v) is 27.9. The van der Waals surface area contributed by atoms with Crippen molar-refractivity contribution in [3.63, 3.8) is 0 Å². The highest BCUT2D eigenvalue weighted by Crippen LogP contribution is 2.18. The summed E-state index contributed by atoms with van der Waals surface area (Å²) in [6.45, 7) is 9.42. The fourth-order valence-corrected chi connectivity index (χ4v) is 9.51. The van der Waals surface area contributed by atoms with E-state index < -0.39 is 0 Å². The summed E-state index contributed by atoms with van der Waals surface area (Å²) in [6, 6.07) is 0. The van der Waals surface area contributed by atoms with Crippen LogP contribution in [-0.4, -0.2) is 4.57 Å². The van der Waals surface area contributed by atoms with E-state index in [1.54, 1.807) is 5.82 Å². The molecule has 1 aromatic heterocycles. The summed E-state index contributed by atoms with van der Waals surface area (Å²) in [5.41, 5.74) is 0. The van der Waals surface area contributed by atoms with Crippen LogP contribution in [0.25, 0.3) is 0 Å². The molecule has 0 amide bonds. The third kappa shape index (κ3) is 38.2. The number of hydrogen-bond acceptors (Lipinski definition) is 0. The van der Waals surface area contributed by atoms with Crippen molar-refractivity contribution in [1.82, 2.24) is 4.57 Å². The minimum Gasteiger partial charge on any atom is -0.234 e. The van der Waals surface area contributed by atoms with Crippen molar-refractivity contribution >= 4 is 0 Å². The second-order valence-electron chi connectivity index (χ2n) is 19.4. The molecule has 2 heteroatoms. The van der Waals surface area contributed by atoms with Crippen molar-refractivity contribution in [1.29, 1.82) is 0 Å². The zero-order chi connectivity index (χ0) is 41.5. The van der Waals surface area contributed by atoms with E-state index in [1.807, 2.05) is 0 Å².